The molecule has 0 aliphatic carbocycles. The largest absolute Gasteiger partial charge is 0.306 e. The van der Waals surface area contributed by atoms with Crippen LogP contribution in [0.15, 0.2) is 48.5 Å². The summed E-state index contributed by atoms with van der Waals surface area (Å²) in [5.41, 5.74) is 2.24. The molecular weight excluding hydrogens is 273 g/mol. The molecule has 3 heteroatoms. The van der Waals surface area contributed by atoms with Crippen molar-refractivity contribution in [2.75, 3.05) is 0 Å². The van der Waals surface area contributed by atoms with Crippen molar-refractivity contribution in [1.29, 1.82) is 0 Å². The molecule has 1 atom stereocenters. The second-order valence-electron chi connectivity index (χ2n) is 5.26. The lowest BCUT2D eigenvalue weighted by molar-refractivity contribution is 0.410. The second kappa shape index (κ2) is 6.87. The van der Waals surface area contributed by atoms with Crippen LogP contribution in [-0.2, 0) is 6.54 Å². The van der Waals surface area contributed by atoms with Crippen LogP contribution in [0, 0.1) is 11.7 Å². The normalized spacial score (nSPS) is 12.7. The van der Waals surface area contributed by atoms with E-state index in [1.54, 1.807) is 12.1 Å². The Morgan fingerprint density at radius 1 is 1.10 bits per heavy atom. The number of hydrogen-bond acceptors (Lipinski definition) is 1. The molecule has 0 saturated heterocycles. The maximum absolute atomic E-state index is 13.1. The van der Waals surface area contributed by atoms with Crippen LogP contribution in [0.25, 0.3) is 0 Å². The molecule has 0 saturated carbocycles. The van der Waals surface area contributed by atoms with Gasteiger partial charge in [-0.2, -0.15) is 0 Å². The molecule has 0 fully saturated rings. The molecule has 20 heavy (non-hydrogen) atoms. The maximum atomic E-state index is 13.1. The average molecular weight is 292 g/mol. The highest BCUT2D eigenvalue weighted by molar-refractivity contribution is 6.30. The fraction of sp³-hybridized carbons (Fsp3) is 0.294. The zero-order chi connectivity index (χ0) is 14.5. The fourth-order valence-electron chi connectivity index (χ4n) is 2.28. The van der Waals surface area contributed by atoms with Crippen LogP contribution in [0.4, 0.5) is 4.39 Å². The van der Waals surface area contributed by atoms with Gasteiger partial charge in [-0.05, 0) is 29.2 Å². The first kappa shape index (κ1) is 15.0. The van der Waals surface area contributed by atoms with Gasteiger partial charge < -0.3 is 5.32 Å². The highest BCUT2D eigenvalue weighted by Crippen LogP contribution is 2.22. The molecule has 0 aliphatic rings. The van der Waals surface area contributed by atoms with E-state index < -0.39 is 0 Å². The Hall–Kier alpha value is -1.38. The van der Waals surface area contributed by atoms with Crippen molar-refractivity contribution in [2.24, 2.45) is 5.92 Å². The Labute approximate surface area is 124 Å². The molecule has 2 aromatic carbocycles. The van der Waals surface area contributed by atoms with Crippen molar-refractivity contribution in [3.8, 4) is 0 Å². The number of hydrogen-bond donors (Lipinski definition) is 1. The molecule has 1 N–H and O–H groups in total. The van der Waals surface area contributed by atoms with Crippen molar-refractivity contribution in [1.82, 2.24) is 5.32 Å². The summed E-state index contributed by atoms with van der Waals surface area (Å²) in [4.78, 5) is 0. The molecule has 0 bridgehead atoms. The van der Waals surface area contributed by atoms with Gasteiger partial charge in [-0.25, -0.2) is 4.39 Å². The van der Waals surface area contributed by atoms with E-state index in [2.05, 4.69) is 31.3 Å². The van der Waals surface area contributed by atoms with Crippen LogP contribution in [0.2, 0.25) is 5.02 Å². The quantitative estimate of drug-likeness (QED) is 0.820. The van der Waals surface area contributed by atoms with Gasteiger partial charge in [0.25, 0.3) is 0 Å². The Morgan fingerprint density at radius 2 is 1.80 bits per heavy atom. The van der Waals surface area contributed by atoms with Crippen molar-refractivity contribution in [3.63, 3.8) is 0 Å². The van der Waals surface area contributed by atoms with E-state index >= 15 is 0 Å². The number of benzene rings is 2. The molecule has 0 aromatic heterocycles. The van der Waals surface area contributed by atoms with Gasteiger partial charge in [0.15, 0.2) is 0 Å². The van der Waals surface area contributed by atoms with Crippen molar-refractivity contribution < 1.29 is 4.39 Å². The Kier molecular flexibility index (Phi) is 5.16. The summed E-state index contributed by atoms with van der Waals surface area (Å²) in [5, 5.41) is 3.69. The van der Waals surface area contributed by atoms with Gasteiger partial charge in [-0.3, -0.25) is 0 Å². The Balaban J connectivity index is 2.08. The van der Waals surface area contributed by atoms with Crippen LogP contribution in [0.3, 0.4) is 0 Å². The smallest absolute Gasteiger partial charge is 0.141 e. The molecule has 0 heterocycles. The van der Waals surface area contributed by atoms with E-state index in [1.807, 2.05) is 18.2 Å². The number of nitrogens with one attached hydrogen (secondary N) is 1. The van der Waals surface area contributed by atoms with Gasteiger partial charge in [0, 0.05) is 12.6 Å². The van der Waals surface area contributed by atoms with Gasteiger partial charge in [-0.1, -0.05) is 61.8 Å². The van der Waals surface area contributed by atoms with Crippen LogP contribution in [0.1, 0.15) is 31.0 Å². The second-order valence-corrected chi connectivity index (χ2v) is 5.67. The van der Waals surface area contributed by atoms with Crippen LogP contribution in [0.5, 0.6) is 0 Å². The molecule has 1 unspecified atom stereocenters. The SMILES string of the molecule is CC(C)C(NCc1ccc(F)c(Cl)c1)c1ccccc1. The van der Waals surface area contributed by atoms with Gasteiger partial charge in [0.1, 0.15) is 5.82 Å². The standard InChI is InChI=1S/C17H19ClFN/c1-12(2)17(14-6-4-3-5-7-14)20-11-13-8-9-16(19)15(18)10-13/h3-10,12,17,20H,11H2,1-2H3. The molecule has 106 valence electrons. The van der Waals surface area contributed by atoms with Crippen LogP contribution in [-0.4, -0.2) is 0 Å². The van der Waals surface area contributed by atoms with Gasteiger partial charge in [0.05, 0.1) is 5.02 Å². The van der Waals surface area contributed by atoms with E-state index in [1.165, 1.54) is 11.6 Å². The zero-order valence-electron chi connectivity index (χ0n) is 11.7. The minimum absolute atomic E-state index is 0.171. The molecule has 1 nitrogen and oxygen atoms in total. The summed E-state index contributed by atoms with van der Waals surface area (Å²) in [6.45, 7) is 5.03. The first-order valence-corrected chi connectivity index (χ1v) is 7.18. The average Bonchev–Trinajstić information content (AvgIpc) is 2.44. The monoisotopic (exact) mass is 291 g/mol. The summed E-state index contributed by atoms with van der Waals surface area (Å²) >= 11 is 5.81. The van der Waals surface area contributed by atoms with E-state index in [-0.39, 0.29) is 16.9 Å². The fourth-order valence-corrected chi connectivity index (χ4v) is 2.48. The summed E-state index contributed by atoms with van der Waals surface area (Å²) in [6, 6.07) is 15.4. The Morgan fingerprint density at radius 3 is 2.40 bits per heavy atom. The highest BCUT2D eigenvalue weighted by atomic mass is 35.5. The third kappa shape index (κ3) is 3.81. The molecule has 2 rings (SSSR count). The molecule has 0 amide bonds. The predicted octanol–water partition coefficient (Wildman–Crippen LogP) is 4.97. The predicted molar refractivity (Wildman–Crippen MR) is 82.3 cm³/mol. The van der Waals surface area contributed by atoms with Gasteiger partial charge in [0.2, 0.25) is 0 Å². The molecular formula is C17H19ClFN. The molecule has 0 spiro atoms. The van der Waals surface area contributed by atoms with E-state index in [0.717, 1.165) is 5.56 Å². The third-order valence-electron chi connectivity index (χ3n) is 3.34. The van der Waals surface area contributed by atoms with E-state index in [0.29, 0.717) is 12.5 Å². The lowest BCUT2D eigenvalue weighted by atomic mass is 9.96. The lowest BCUT2D eigenvalue weighted by Gasteiger charge is -2.23. The van der Waals surface area contributed by atoms with E-state index in [9.17, 15) is 4.39 Å². The van der Waals surface area contributed by atoms with Gasteiger partial charge >= 0.3 is 0 Å². The first-order valence-electron chi connectivity index (χ1n) is 6.80. The molecule has 2 aromatic rings. The summed E-state index contributed by atoms with van der Waals surface area (Å²) in [5.74, 6) is 0.0900. The number of halogens is 2. The van der Waals surface area contributed by atoms with Crippen LogP contribution >= 0.6 is 11.6 Å². The van der Waals surface area contributed by atoms with E-state index in [4.69, 9.17) is 11.6 Å². The summed E-state index contributed by atoms with van der Waals surface area (Å²) < 4.78 is 13.1. The molecule has 0 radical (unpaired) electrons. The third-order valence-corrected chi connectivity index (χ3v) is 3.63. The lowest BCUT2D eigenvalue weighted by Crippen LogP contribution is -2.25. The summed E-state index contributed by atoms with van der Waals surface area (Å²) in [7, 11) is 0. The summed E-state index contributed by atoms with van der Waals surface area (Å²) in [6.07, 6.45) is 0. The van der Waals surface area contributed by atoms with Crippen molar-refractivity contribution >= 4 is 11.6 Å². The minimum atomic E-state index is -0.376. The van der Waals surface area contributed by atoms with Crippen molar-refractivity contribution in [2.45, 2.75) is 26.4 Å². The maximum Gasteiger partial charge on any atom is 0.141 e. The minimum Gasteiger partial charge on any atom is -0.306 e. The zero-order valence-corrected chi connectivity index (χ0v) is 12.5. The van der Waals surface area contributed by atoms with Crippen LogP contribution < -0.4 is 5.32 Å². The molecule has 0 aliphatic heterocycles. The van der Waals surface area contributed by atoms with Crippen molar-refractivity contribution in [3.05, 3.63) is 70.5 Å². The number of rotatable bonds is 5. The Bertz CT molecular complexity index is 554. The first-order chi connectivity index (χ1) is 9.58. The topological polar surface area (TPSA) is 12.0 Å². The van der Waals surface area contributed by atoms with Gasteiger partial charge in [-0.15, -0.1) is 0 Å². The highest BCUT2D eigenvalue weighted by Gasteiger charge is 2.14.